The molecule has 11 rings (SSSR count). The Morgan fingerprint density at radius 3 is 1.77 bits per heavy atom. The van der Waals surface area contributed by atoms with Crippen LogP contribution in [0.4, 0.5) is 16.7 Å². The highest BCUT2D eigenvalue weighted by Gasteiger charge is 2.30. The highest BCUT2D eigenvalue weighted by molar-refractivity contribution is 5.95. The molecule has 4 aromatic heterocycles. The average Bonchev–Trinajstić information content (AvgIpc) is 3.96. The van der Waals surface area contributed by atoms with E-state index in [2.05, 4.69) is 26.6 Å². The third-order valence-corrected chi connectivity index (χ3v) is 11.8. The lowest BCUT2D eigenvalue weighted by Gasteiger charge is -2.23. The van der Waals surface area contributed by atoms with E-state index in [4.69, 9.17) is 44.3 Å². The van der Waals surface area contributed by atoms with Gasteiger partial charge in [-0.3, -0.25) is 9.59 Å². The van der Waals surface area contributed by atoms with Gasteiger partial charge in [-0.2, -0.15) is 9.03 Å². The van der Waals surface area contributed by atoms with Gasteiger partial charge in [0, 0.05) is 54.6 Å². The van der Waals surface area contributed by atoms with E-state index in [0.29, 0.717) is 72.3 Å². The largest absolute Gasteiger partial charge is 0.497 e. The number of amides is 3. The van der Waals surface area contributed by atoms with E-state index in [1.54, 1.807) is 23.3 Å². The third-order valence-electron chi connectivity index (χ3n) is 11.8. The van der Waals surface area contributed by atoms with Gasteiger partial charge in [-0.1, -0.05) is 78.9 Å². The van der Waals surface area contributed by atoms with Crippen molar-refractivity contribution in [2.75, 3.05) is 64.1 Å². The summed E-state index contributed by atoms with van der Waals surface area (Å²) in [5, 5.41) is 26.6. The quantitative estimate of drug-likeness (QED) is 0.122. The number of para-hydroxylation sites is 2. The molecular formula is C50H48N14O6. The normalized spacial score (nSPS) is 16.1. The number of hydrogen-bond acceptors (Lipinski definition) is 15. The lowest BCUT2D eigenvalue weighted by molar-refractivity contribution is -0.122. The fourth-order valence-electron chi connectivity index (χ4n) is 8.15. The van der Waals surface area contributed by atoms with Crippen LogP contribution in [-0.2, 0) is 20.9 Å². The Bertz CT molecular complexity index is 3360. The van der Waals surface area contributed by atoms with Crippen LogP contribution in [0.5, 0.6) is 11.5 Å². The van der Waals surface area contributed by atoms with Gasteiger partial charge in [0.2, 0.25) is 23.7 Å². The second kappa shape index (κ2) is 20.1. The molecule has 5 aromatic carbocycles. The molecule has 2 saturated heterocycles. The molecule has 0 bridgehead atoms. The molecule has 354 valence electrons. The summed E-state index contributed by atoms with van der Waals surface area (Å²) in [5.74, 6) is 2.92. The zero-order valence-corrected chi connectivity index (χ0v) is 38.2. The minimum absolute atomic E-state index is 0.0729. The lowest BCUT2D eigenvalue weighted by atomic mass is 10.2. The van der Waals surface area contributed by atoms with Gasteiger partial charge in [-0.25, -0.2) is 24.7 Å². The molecule has 3 amide bonds. The topological polar surface area (TPSA) is 228 Å². The minimum Gasteiger partial charge on any atom is -0.497 e. The second-order valence-corrected chi connectivity index (χ2v) is 16.4. The van der Waals surface area contributed by atoms with Crippen LogP contribution in [0.3, 0.4) is 0 Å². The van der Waals surface area contributed by atoms with Gasteiger partial charge >= 0.3 is 6.09 Å². The van der Waals surface area contributed by atoms with Crippen LogP contribution < -0.4 is 36.1 Å². The van der Waals surface area contributed by atoms with E-state index in [1.165, 1.54) is 4.90 Å². The standard InChI is InChI=1S/C29H27N7O4.C21H21N7O2/c1-39-21-11-7-10-20(16-21)25-33-26-22-12-5-6-13-23(22)31-28(36(26)34-25)32-24-17-35(15-14-30-27(24)37)29(38)40-18-19-8-3-2-4-9-19;1-30-14-6-4-5-13(11-14)18-26-19-15-7-2-3-8-16(15)24-21(28(19)27-18)25-17-12-22-9-10-23-20(17)29/h2-13,16,24H,14-15,17-18H2,1H3,(H,30,37)(H,31,32);2-8,11,17,22H,9-10,12H2,1H3,(H,23,29)(H,24,25). The Kier molecular flexibility index (Phi) is 12.9. The van der Waals surface area contributed by atoms with Crippen LogP contribution in [0.15, 0.2) is 127 Å². The number of aromatic nitrogens is 8. The molecule has 20 heteroatoms. The van der Waals surface area contributed by atoms with Gasteiger partial charge in [0.05, 0.1) is 31.8 Å². The summed E-state index contributed by atoms with van der Waals surface area (Å²) in [4.78, 5) is 58.9. The molecule has 2 aliphatic heterocycles. The van der Waals surface area contributed by atoms with Crippen molar-refractivity contribution in [1.29, 1.82) is 0 Å². The highest BCUT2D eigenvalue weighted by Crippen LogP contribution is 2.28. The molecule has 2 aliphatic rings. The summed E-state index contributed by atoms with van der Waals surface area (Å²) in [6.07, 6.45) is -0.496. The predicted molar refractivity (Wildman–Crippen MR) is 262 cm³/mol. The molecule has 2 atom stereocenters. The van der Waals surface area contributed by atoms with Crippen molar-refractivity contribution in [2.24, 2.45) is 0 Å². The molecular weight excluding hydrogens is 893 g/mol. The number of methoxy groups -OCH3 is 2. The predicted octanol–water partition coefficient (Wildman–Crippen LogP) is 4.96. The molecule has 6 heterocycles. The van der Waals surface area contributed by atoms with E-state index in [0.717, 1.165) is 45.3 Å². The summed E-state index contributed by atoms with van der Waals surface area (Å²) in [7, 11) is 3.23. The Morgan fingerprint density at radius 2 is 1.17 bits per heavy atom. The summed E-state index contributed by atoms with van der Waals surface area (Å²) < 4.78 is 19.5. The molecule has 70 heavy (non-hydrogen) atoms. The zero-order chi connectivity index (χ0) is 48.0. The van der Waals surface area contributed by atoms with Crippen LogP contribution >= 0.6 is 0 Å². The number of ether oxygens (including phenoxy) is 3. The number of fused-ring (bicyclic) bond motifs is 6. The van der Waals surface area contributed by atoms with Gasteiger partial charge in [0.15, 0.2) is 22.9 Å². The van der Waals surface area contributed by atoms with Crippen molar-refractivity contribution in [3.05, 3.63) is 133 Å². The van der Waals surface area contributed by atoms with E-state index in [9.17, 15) is 14.4 Å². The number of nitrogens with one attached hydrogen (secondary N) is 5. The van der Waals surface area contributed by atoms with Gasteiger partial charge in [0.25, 0.3) is 0 Å². The van der Waals surface area contributed by atoms with Crippen LogP contribution in [0, 0.1) is 0 Å². The number of anilines is 2. The van der Waals surface area contributed by atoms with E-state index >= 15 is 0 Å². The molecule has 2 unspecified atom stereocenters. The molecule has 0 aliphatic carbocycles. The molecule has 0 radical (unpaired) electrons. The summed E-state index contributed by atoms with van der Waals surface area (Å²) in [5.41, 5.74) is 5.21. The van der Waals surface area contributed by atoms with Gasteiger partial charge < -0.3 is 45.7 Å². The number of carbonyl (C=O) groups is 3. The van der Waals surface area contributed by atoms with Crippen LogP contribution in [-0.4, -0.2) is 128 Å². The Hall–Kier alpha value is -8.91. The first-order valence-electron chi connectivity index (χ1n) is 22.7. The van der Waals surface area contributed by atoms with E-state index in [-0.39, 0.29) is 25.0 Å². The number of benzene rings is 5. The maximum Gasteiger partial charge on any atom is 0.410 e. The van der Waals surface area contributed by atoms with Crippen molar-refractivity contribution < 1.29 is 28.6 Å². The Balaban J connectivity index is 0.000000169. The molecule has 2 fully saturated rings. The van der Waals surface area contributed by atoms with Crippen LogP contribution in [0.25, 0.3) is 55.9 Å². The summed E-state index contributed by atoms with van der Waals surface area (Å²) >= 11 is 0. The fourth-order valence-corrected chi connectivity index (χ4v) is 8.15. The first-order chi connectivity index (χ1) is 34.3. The van der Waals surface area contributed by atoms with Crippen molar-refractivity contribution in [3.63, 3.8) is 0 Å². The first kappa shape index (κ1) is 44.9. The summed E-state index contributed by atoms with van der Waals surface area (Å²) in [6.45, 7) is 2.69. The number of carbonyl (C=O) groups excluding carboxylic acids is 3. The summed E-state index contributed by atoms with van der Waals surface area (Å²) in [6, 6.07) is 38.6. The average molecular weight is 941 g/mol. The Morgan fingerprint density at radius 1 is 0.629 bits per heavy atom. The highest BCUT2D eigenvalue weighted by atomic mass is 16.6. The smallest absolute Gasteiger partial charge is 0.410 e. The molecule has 20 nitrogen and oxygen atoms in total. The van der Waals surface area contributed by atoms with Crippen molar-refractivity contribution in [1.82, 2.24) is 60.0 Å². The van der Waals surface area contributed by atoms with Gasteiger partial charge in [-0.15, -0.1) is 10.2 Å². The maximum atomic E-state index is 13.0. The zero-order valence-electron chi connectivity index (χ0n) is 38.2. The molecule has 0 spiro atoms. The monoisotopic (exact) mass is 940 g/mol. The van der Waals surface area contributed by atoms with Crippen molar-refractivity contribution in [3.8, 4) is 34.3 Å². The second-order valence-electron chi connectivity index (χ2n) is 16.4. The lowest BCUT2D eigenvalue weighted by Crippen LogP contribution is -2.44. The SMILES string of the molecule is COc1cccc(-c2nc3c4ccccc4nc(NC4CN(C(=O)OCc5ccccc5)CCNC4=O)n3n2)c1.COc1cccc(-c2nc3c4ccccc4nc(NC4CNCCNC4=O)n3n2)c1. The first-order valence-corrected chi connectivity index (χ1v) is 22.7. The van der Waals surface area contributed by atoms with Gasteiger partial charge in [0.1, 0.15) is 30.2 Å². The number of nitrogens with zero attached hydrogens (tertiary/aromatic N) is 9. The number of rotatable bonds is 10. The molecule has 0 saturated carbocycles. The van der Waals surface area contributed by atoms with E-state index in [1.807, 2.05) is 127 Å². The fraction of sp³-hybridized carbons (Fsp3) is 0.220. The van der Waals surface area contributed by atoms with E-state index < -0.39 is 18.2 Å². The molecule has 5 N–H and O–H groups in total. The van der Waals surface area contributed by atoms with Crippen LogP contribution in [0.2, 0.25) is 0 Å². The molecule has 9 aromatic rings. The maximum absolute atomic E-state index is 13.0. The van der Waals surface area contributed by atoms with Crippen molar-refractivity contribution >= 4 is 62.9 Å². The number of hydrogen-bond donors (Lipinski definition) is 5. The van der Waals surface area contributed by atoms with Gasteiger partial charge in [-0.05, 0) is 54.1 Å². The third kappa shape index (κ3) is 9.60. The van der Waals surface area contributed by atoms with Crippen molar-refractivity contribution in [2.45, 2.75) is 18.7 Å². The minimum atomic E-state index is -0.798. The van der Waals surface area contributed by atoms with Crippen LogP contribution in [0.1, 0.15) is 5.56 Å². The Labute approximate surface area is 400 Å².